The Bertz CT molecular complexity index is 797. The molecule has 0 saturated heterocycles. The highest BCUT2D eigenvalue weighted by Crippen LogP contribution is 1.79. The molecule has 0 radical (unpaired) electrons. The molecule has 0 atom stereocenters. The summed E-state index contributed by atoms with van der Waals surface area (Å²) in [5, 5.41) is 20.1. The molecule has 4 N–H and O–H groups in total. The zero-order valence-corrected chi connectivity index (χ0v) is 10.4. The quantitative estimate of drug-likeness (QED) is 0.420. The first-order valence-electron chi connectivity index (χ1n) is 5.29. The molecule has 0 aromatic carbocycles. The lowest BCUT2D eigenvalue weighted by Gasteiger charge is -1.97. The molecule has 0 aliphatic heterocycles. The van der Waals surface area contributed by atoms with Gasteiger partial charge in [0.2, 0.25) is 0 Å². The number of rotatable bonds is 2. The lowest BCUT2D eigenvalue weighted by atomic mass is 10.4. The Morgan fingerprint density at radius 3 is 1.23 bits per heavy atom. The van der Waals surface area contributed by atoms with Crippen molar-refractivity contribution in [2.24, 2.45) is 0 Å². The molecule has 22 heavy (non-hydrogen) atoms. The number of H-pyrrole nitrogens is 4. The molecule has 0 aliphatic carbocycles. The van der Waals surface area contributed by atoms with E-state index in [4.69, 9.17) is 0 Å². The summed E-state index contributed by atoms with van der Waals surface area (Å²) in [7, 11) is 0. The summed E-state index contributed by atoms with van der Waals surface area (Å²) in [6.45, 7) is 0. The van der Waals surface area contributed by atoms with Gasteiger partial charge in [-0.25, -0.2) is 9.59 Å². The number of carbonyl (C=O) groups is 2. The van der Waals surface area contributed by atoms with E-state index in [1.807, 2.05) is 19.9 Å². The lowest BCUT2D eigenvalue weighted by molar-refractivity contribution is -0.256. The van der Waals surface area contributed by atoms with E-state index in [2.05, 4.69) is 0 Å². The fourth-order valence-electron chi connectivity index (χ4n) is 1.16. The van der Waals surface area contributed by atoms with Gasteiger partial charge >= 0.3 is 11.4 Å². The van der Waals surface area contributed by atoms with Crippen molar-refractivity contribution < 1.29 is 19.8 Å². The van der Waals surface area contributed by atoms with Gasteiger partial charge in [0.25, 0.3) is 11.1 Å². The third-order valence-electron chi connectivity index (χ3n) is 1.96. The first-order valence-corrected chi connectivity index (χ1v) is 5.29. The van der Waals surface area contributed by atoms with Crippen LogP contribution in [0.2, 0.25) is 0 Å². The van der Waals surface area contributed by atoms with Crippen LogP contribution < -0.4 is 32.7 Å². The van der Waals surface area contributed by atoms with Crippen molar-refractivity contribution in [3.63, 3.8) is 0 Å². The third kappa shape index (κ3) is 4.76. The highest BCUT2D eigenvalue weighted by atomic mass is 16.4. The predicted molar refractivity (Wildman–Crippen MR) is 64.0 cm³/mol. The maximum atomic E-state index is 10.4. The molecule has 0 fully saturated rings. The van der Waals surface area contributed by atoms with Gasteiger partial charge in [0.15, 0.2) is 0 Å². The maximum Gasteiger partial charge on any atom is 0.326 e. The molecule has 0 unspecified atom stereocenters. The van der Waals surface area contributed by atoms with Crippen molar-refractivity contribution in [2.45, 2.75) is 0 Å². The van der Waals surface area contributed by atoms with Crippen molar-refractivity contribution in [1.29, 1.82) is 0 Å². The summed E-state index contributed by atoms with van der Waals surface area (Å²) in [6.07, 6.45) is 0. The number of aromatic carboxylic acids is 2. The van der Waals surface area contributed by atoms with Crippen LogP contribution in [0.4, 0.5) is 0 Å². The maximum absolute atomic E-state index is 10.4. The minimum Gasteiger partial charge on any atom is -0.543 e. The summed E-state index contributed by atoms with van der Waals surface area (Å²) in [6, 6.07) is 1.47. The average Bonchev–Trinajstić information content (AvgIpc) is 2.37. The van der Waals surface area contributed by atoms with Crippen LogP contribution in [0.1, 0.15) is 21.0 Å². The van der Waals surface area contributed by atoms with Gasteiger partial charge in [0.1, 0.15) is 0 Å². The molecule has 0 saturated carbocycles. The number of aromatic nitrogens is 4. The Kier molecular flexibility index (Phi) is 4.94. The molecule has 0 aliphatic rings. The second-order valence-electron chi connectivity index (χ2n) is 3.58. The summed E-state index contributed by atoms with van der Waals surface area (Å²) < 4.78 is 0. The van der Waals surface area contributed by atoms with E-state index in [9.17, 15) is 39.0 Å². The number of carbonyl (C=O) groups excluding carboxylic acids is 2. The number of carboxylic acids is 2. The number of hydrogen-bond donors (Lipinski definition) is 4. The van der Waals surface area contributed by atoms with E-state index in [-0.39, 0.29) is 0 Å². The molecule has 2 rings (SSSR count). The lowest BCUT2D eigenvalue weighted by Crippen LogP contribution is -2.31. The Morgan fingerprint density at radius 2 is 1.00 bits per heavy atom. The van der Waals surface area contributed by atoms with Gasteiger partial charge in [-0.15, -0.1) is 0 Å². The number of nitrogens with one attached hydrogen (secondary N) is 4. The van der Waals surface area contributed by atoms with E-state index in [0.717, 1.165) is 12.1 Å². The van der Waals surface area contributed by atoms with Crippen LogP contribution in [-0.4, -0.2) is 31.9 Å². The second kappa shape index (κ2) is 6.65. The van der Waals surface area contributed by atoms with Gasteiger partial charge in [-0.1, -0.05) is 0 Å². The molecular weight excluding hydrogens is 304 g/mol. The van der Waals surface area contributed by atoms with Crippen molar-refractivity contribution in [3.8, 4) is 0 Å². The molecule has 2 aromatic rings. The minimum atomic E-state index is -1.59. The number of hydrogen-bond acceptors (Lipinski definition) is 8. The standard InChI is InChI=1S/2C5H4N2O4/c2*8-3-1-2(4(9)10)6-5(11)7-3/h2*1H,(H,9,10)(H2,6,7,8,11)/p-2. The molecule has 2 heterocycles. The summed E-state index contributed by atoms with van der Waals surface area (Å²) >= 11 is 0. The monoisotopic (exact) mass is 310 g/mol. The predicted octanol–water partition coefficient (Wildman–Crippen LogP) is -5.15. The first-order chi connectivity index (χ1) is 10.2. The average molecular weight is 310 g/mol. The van der Waals surface area contributed by atoms with Gasteiger partial charge in [0, 0.05) is 12.1 Å². The Labute approximate surface area is 118 Å². The molecular formula is C10H6N4O8-2. The van der Waals surface area contributed by atoms with Crippen molar-refractivity contribution in [2.75, 3.05) is 0 Å². The smallest absolute Gasteiger partial charge is 0.326 e. The third-order valence-corrected chi connectivity index (χ3v) is 1.96. The van der Waals surface area contributed by atoms with Crippen LogP contribution in [0, 0.1) is 0 Å². The molecule has 2 aromatic heterocycles. The summed E-state index contributed by atoms with van der Waals surface area (Å²) in [4.78, 5) is 69.2. The summed E-state index contributed by atoms with van der Waals surface area (Å²) in [5.41, 5.74) is -4.33. The minimum absolute atomic E-state index is 0.529. The van der Waals surface area contributed by atoms with Gasteiger partial charge in [-0.3, -0.25) is 19.6 Å². The molecule has 116 valence electrons. The van der Waals surface area contributed by atoms with Crippen molar-refractivity contribution in [3.05, 3.63) is 65.2 Å². The fraction of sp³-hybridized carbons (Fsp3) is 0. The molecule has 0 bridgehead atoms. The Balaban J connectivity index is 0.000000220. The van der Waals surface area contributed by atoms with Crippen LogP contribution in [0.3, 0.4) is 0 Å². The van der Waals surface area contributed by atoms with Crippen LogP contribution in [0.5, 0.6) is 0 Å². The van der Waals surface area contributed by atoms with Crippen molar-refractivity contribution in [1.82, 2.24) is 19.9 Å². The molecule has 0 amide bonds. The van der Waals surface area contributed by atoms with Crippen molar-refractivity contribution >= 4 is 11.9 Å². The largest absolute Gasteiger partial charge is 0.543 e. The van der Waals surface area contributed by atoms with Crippen LogP contribution >= 0.6 is 0 Å². The molecule has 0 spiro atoms. The van der Waals surface area contributed by atoms with E-state index in [0.29, 0.717) is 0 Å². The van der Waals surface area contributed by atoms with E-state index in [1.54, 1.807) is 0 Å². The number of aromatic amines is 4. The Morgan fingerprint density at radius 1 is 0.682 bits per heavy atom. The van der Waals surface area contributed by atoms with E-state index in [1.165, 1.54) is 0 Å². The topological polar surface area (TPSA) is 212 Å². The highest BCUT2D eigenvalue weighted by Gasteiger charge is 1.95. The molecule has 12 nitrogen and oxygen atoms in total. The van der Waals surface area contributed by atoms with Crippen LogP contribution in [0.15, 0.2) is 31.3 Å². The number of carboxylic acid groups (broad SMARTS) is 2. The zero-order chi connectivity index (χ0) is 16.9. The first kappa shape index (κ1) is 16.4. The van der Waals surface area contributed by atoms with Gasteiger partial charge in [-0.05, 0) is 0 Å². The SMILES string of the molecule is O=C([O-])c1cc(=O)[nH]c(=O)[nH]1.O=C([O-])c1cc(=O)[nH]c(=O)[nH]1. The van der Waals surface area contributed by atoms with Gasteiger partial charge < -0.3 is 29.8 Å². The Hall–Kier alpha value is -3.70. The van der Waals surface area contributed by atoms with Crippen LogP contribution in [0.25, 0.3) is 0 Å². The normalized spacial score (nSPS) is 9.45. The van der Waals surface area contributed by atoms with Crippen LogP contribution in [-0.2, 0) is 0 Å². The van der Waals surface area contributed by atoms with E-state index >= 15 is 0 Å². The summed E-state index contributed by atoms with van der Waals surface area (Å²) in [5.74, 6) is -3.18. The molecule has 12 heteroatoms. The fourth-order valence-corrected chi connectivity index (χ4v) is 1.16. The highest BCUT2D eigenvalue weighted by molar-refractivity contribution is 5.83. The van der Waals surface area contributed by atoms with Gasteiger partial charge in [-0.2, -0.15) is 0 Å². The van der Waals surface area contributed by atoms with Gasteiger partial charge in [0.05, 0.1) is 23.3 Å². The second-order valence-corrected chi connectivity index (χ2v) is 3.58. The zero-order valence-electron chi connectivity index (χ0n) is 10.4. The van der Waals surface area contributed by atoms with E-state index < -0.39 is 45.8 Å².